The van der Waals surface area contributed by atoms with Crippen molar-refractivity contribution in [1.29, 1.82) is 0 Å². The number of rotatable bonds is 7. The monoisotopic (exact) mass is 273 g/mol. The molecule has 2 rings (SSSR count). The molecule has 0 aliphatic heterocycles. The molecule has 5 nitrogen and oxygen atoms in total. The van der Waals surface area contributed by atoms with E-state index in [9.17, 15) is 4.79 Å². The largest absolute Gasteiger partial charge is 0.469 e. The molecular weight excluding hydrogens is 254 g/mol. The van der Waals surface area contributed by atoms with Crippen LogP contribution in [-0.2, 0) is 16.1 Å². The minimum absolute atomic E-state index is 0.220. The fraction of sp³-hybridized carbons (Fsp3) is 0.333. The van der Waals surface area contributed by atoms with Crippen molar-refractivity contribution < 1.29 is 9.53 Å². The SMILES string of the molecule is COC(=O)C(CNCCn1cccn1)c1ccccc1. The number of carbonyl (C=O) groups is 1. The Labute approximate surface area is 118 Å². The Morgan fingerprint density at radius 1 is 1.35 bits per heavy atom. The lowest BCUT2D eigenvalue weighted by atomic mass is 9.99. The molecule has 0 aliphatic carbocycles. The van der Waals surface area contributed by atoms with Crippen LogP contribution in [0, 0.1) is 0 Å². The van der Waals surface area contributed by atoms with Crippen LogP contribution in [0.1, 0.15) is 11.5 Å². The van der Waals surface area contributed by atoms with Gasteiger partial charge in [0, 0.05) is 25.5 Å². The molecule has 106 valence electrons. The highest BCUT2D eigenvalue weighted by Crippen LogP contribution is 2.16. The topological polar surface area (TPSA) is 56.1 Å². The second-order valence-electron chi connectivity index (χ2n) is 4.46. The molecule has 0 fully saturated rings. The normalized spacial score (nSPS) is 12.1. The third-order valence-corrected chi connectivity index (χ3v) is 3.11. The Morgan fingerprint density at radius 3 is 2.80 bits per heavy atom. The second-order valence-corrected chi connectivity index (χ2v) is 4.46. The lowest BCUT2D eigenvalue weighted by Gasteiger charge is -2.15. The Bertz CT molecular complexity index is 511. The van der Waals surface area contributed by atoms with E-state index in [-0.39, 0.29) is 11.9 Å². The van der Waals surface area contributed by atoms with Gasteiger partial charge in [-0.25, -0.2) is 0 Å². The van der Waals surface area contributed by atoms with Crippen molar-refractivity contribution in [2.24, 2.45) is 0 Å². The van der Waals surface area contributed by atoms with Crippen molar-refractivity contribution in [3.8, 4) is 0 Å². The molecule has 1 aromatic heterocycles. The number of nitrogens with zero attached hydrogens (tertiary/aromatic N) is 2. The quantitative estimate of drug-likeness (QED) is 0.612. The summed E-state index contributed by atoms with van der Waals surface area (Å²) >= 11 is 0. The average molecular weight is 273 g/mol. The van der Waals surface area contributed by atoms with Crippen molar-refractivity contribution in [1.82, 2.24) is 15.1 Å². The van der Waals surface area contributed by atoms with Gasteiger partial charge in [0.2, 0.25) is 0 Å². The minimum atomic E-state index is -0.279. The fourth-order valence-electron chi connectivity index (χ4n) is 2.04. The fourth-order valence-corrected chi connectivity index (χ4v) is 2.04. The first-order valence-electron chi connectivity index (χ1n) is 6.62. The number of esters is 1. The third-order valence-electron chi connectivity index (χ3n) is 3.11. The molecule has 1 unspecified atom stereocenters. The summed E-state index contributed by atoms with van der Waals surface area (Å²) in [5, 5.41) is 7.40. The molecule has 0 spiro atoms. The van der Waals surface area contributed by atoms with E-state index in [1.54, 1.807) is 6.20 Å². The van der Waals surface area contributed by atoms with Gasteiger partial charge in [-0.1, -0.05) is 30.3 Å². The first kappa shape index (κ1) is 14.3. The molecule has 1 atom stereocenters. The van der Waals surface area contributed by atoms with Gasteiger partial charge >= 0.3 is 5.97 Å². The first-order valence-corrected chi connectivity index (χ1v) is 6.62. The zero-order chi connectivity index (χ0) is 14.2. The van der Waals surface area contributed by atoms with Crippen LogP contribution >= 0.6 is 0 Å². The molecule has 0 amide bonds. The van der Waals surface area contributed by atoms with E-state index >= 15 is 0 Å². The maximum absolute atomic E-state index is 11.9. The summed E-state index contributed by atoms with van der Waals surface area (Å²) in [4.78, 5) is 11.9. The number of aromatic nitrogens is 2. The summed E-state index contributed by atoms with van der Waals surface area (Å²) in [6.07, 6.45) is 3.66. The lowest BCUT2D eigenvalue weighted by molar-refractivity contribution is -0.142. The van der Waals surface area contributed by atoms with E-state index in [4.69, 9.17) is 4.74 Å². The van der Waals surface area contributed by atoms with Crippen LogP contribution in [0.2, 0.25) is 0 Å². The maximum Gasteiger partial charge on any atom is 0.314 e. The van der Waals surface area contributed by atoms with Gasteiger partial charge in [0.15, 0.2) is 0 Å². The molecule has 0 saturated heterocycles. The number of hydrogen-bond acceptors (Lipinski definition) is 4. The highest BCUT2D eigenvalue weighted by atomic mass is 16.5. The minimum Gasteiger partial charge on any atom is -0.469 e. The third kappa shape index (κ3) is 3.93. The van der Waals surface area contributed by atoms with Crippen LogP contribution in [-0.4, -0.2) is 35.9 Å². The van der Waals surface area contributed by atoms with Crippen LogP contribution in [0.15, 0.2) is 48.8 Å². The first-order chi connectivity index (χ1) is 9.81. The second kappa shape index (κ2) is 7.45. The van der Waals surface area contributed by atoms with Crippen molar-refractivity contribution >= 4 is 5.97 Å². The van der Waals surface area contributed by atoms with Crippen LogP contribution in [0.3, 0.4) is 0 Å². The van der Waals surface area contributed by atoms with Gasteiger partial charge < -0.3 is 10.1 Å². The summed E-state index contributed by atoms with van der Waals surface area (Å²) < 4.78 is 6.72. The number of ether oxygens (including phenoxy) is 1. The molecule has 0 aliphatic rings. The molecule has 20 heavy (non-hydrogen) atoms. The molecule has 2 aromatic rings. The van der Waals surface area contributed by atoms with Gasteiger partial charge in [0.05, 0.1) is 19.6 Å². The standard InChI is InChI=1S/C15H19N3O2/c1-20-15(19)14(13-6-3-2-4-7-13)12-16-9-11-18-10-5-8-17-18/h2-8,10,14,16H,9,11-12H2,1H3. The highest BCUT2D eigenvalue weighted by Gasteiger charge is 2.20. The van der Waals surface area contributed by atoms with Crippen molar-refractivity contribution in [3.63, 3.8) is 0 Å². The molecule has 0 radical (unpaired) electrons. The molecule has 0 saturated carbocycles. The van der Waals surface area contributed by atoms with E-state index in [0.29, 0.717) is 6.54 Å². The lowest BCUT2D eigenvalue weighted by Crippen LogP contribution is -2.30. The van der Waals surface area contributed by atoms with E-state index in [1.807, 2.05) is 47.3 Å². The molecular formula is C15H19N3O2. The number of carbonyl (C=O) groups excluding carboxylic acids is 1. The number of benzene rings is 1. The van der Waals surface area contributed by atoms with Crippen LogP contribution < -0.4 is 5.32 Å². The van der Waals surface area contributed by atoms with Gasteiger partial charge in [0.25, 0.3) is 0 Å². The zero-order valence-electron chi connectivity index (χ0n) is 11.5. The van der Waals surface area contributed by atoms with Crippen LogP contribution in [0.4, 0.5) is 0 Å². The Balaban J connectivity index is 1.87. The van der Waals surface area contributed by atoms with Crippen molar-refractivity contribution in [2.75, 3.05) is 20.2 Å². The molecule has 1 aromatic carbocycles. The molecule has 1 heterocycles. The summed E-state index contributed by atoms with van der Waals surface area (Å²) in [6.45, 7) is 2.08. The van der Waals surface area contributed by atoms with Gasteiger partial charge in [-0.05, 0) is 11.6 Å². The van der Waals surface area contributed by atoms with E-state index in [0.717, 1.165) is 18.7 Å². The predicted octanol–water partition coefficient (Wildman–Crippen LogP) is 1.43. The summed E-state index contributed by atoms with van der Waals surface area (Å²) in [5.74, 6) is -0.499. The average Bonchev–Trinajstić information content (AvgIpc) is 3.01. The number of methoxy groups -OCH3 is 1. The van der Waals surface area contributed by atoms with E-state index in [2.05, 4.69) is 10.4 Å². The van der Waals surface area contributed by atoms with Gasteiger partial charge in [-0.15, -0.1) is 0 Å². The maximum atomic E-state index is 11.9. The van der Waals surface area contributed by atoms with Crippen molar-refractivity contribution in [2.45, 2.75) is 12.5 Å². The van der Waals surface area contributed by atoms with E-state index in [1.165, 1.54) is 7.11 Å². The van der Waals surface area contributed by atoms with Crippen LogP contribution in [0.25, 0.3) is 0 Å². The Hall–Kier alpha value is -2.14. The van der Waals surface area contributed by atoms with Gasteiger partial charge in [0.1, 0.15) is 0 Å². The summed E-state index contributed by atoms with van der Waals surface area (Å²) in [7, 11) is 1.42. The number of nitrogens with one attached hydrogen (secondary N) is 1. The smallest absolute Gasteiger partial charge is 0.314 e. The highest BCUT2D eigenvalue weighted by molar-refractivity contribution is 5.78. The van der Waals surface area contributed by atoms with Crippen LogP contribution in [0.5, 0.6) is 0 Å². The number of hydrogen-bond donors (Lipinski definition) is 1. The summed E-state index contributed by atoms with van der Waals surface area (Å²) in [5.41, 5.74) is 0.964. The Kier molecular flexibility index (Phi) is 5.32. The van der Waals surface area contributed by atoms with Crippen molar-refractivity contribution in [3.05, 3.63) is 54.4 Å². The molecule has 0 bridgehead atoms. The molecule has 5 heteroatoms. The zero-order valence-corrected chi connectivity index (χ0v) is 11.5. The molecule has 1 N–H and O–H groups in total. The van der Waals surface area contributed by atoms with Gasteiger partial charge in [-0.3, -0.25) is 9.48 Å². The summed E-state index contributed by atoms with van der Waals surface area (Å²) in [6, 6.07) is 11.6. The van der Waals surface area contributed by atoms with Gasteiger partial charge in [-0.2, -0.15) is 5.10 Å². The Morgan fingerprint density at radius 2 is 2.15 bits per heavy atom. The predicted molar refractivity (Wildman–Crippen MR) is 76.3 cm³/mol. The van der Waals surface area contributed by atoms with E-state index < -0.39 is 0 Å².